The predicted molar refractivity (Wildman–Crippen MR) is 139 cm³/mol. The molecular formula is C26H34O8P2. The molecule has 0 fully saturated rings. The van der Waals surface area contributed by atoms with Crippen molar-refractivity contribution in [1.29, 1.82) is 0 Å². The van der Waals surface area contributed by atoms with Crippen LogP contribution in [0.3, 0.4) is 0 Å². The number of aryl methyl sites for hydroxylation is 4. The van der Waals surface area contributed by atoms with E-state index in [2.05, 4.69) is 0 Å². The van der Waals surface area contributed by atoms with Gasteiger partial charge in [-0.3, -0.25) is 14.3 Å². The molecule has 8 nitrogen and oxygen atoms in total. The standard InChI is InChI=1S/C26H34O8P2/c1-5-19-11-9-12-20(6-2)25(19)33-35(27,28)31-23-15-17-24(18-16-23)32-36(29,30)34-26-21(7-3)13-10-14-22(26)8-4/h9-17,24H,5-8,18H2,1-4H3,(H,27,28)(H,29,30). The second-order valence-corrected chi connectivity index (χ2v) is 10.9. The molecule has 0 bridgehead atoms. The van der Waals surface area contributed by atoms with Crippen LogP contribution in [0.1, 0.15) is 56.4 Å². The summed E-state index contributed by atoms with van der Waals surface area (Å²) in [7, 11) is -8.92. The van der Waals surface area contributed by atoms with Crippen LogP contribution < -0.4 is 9.05 Å². The number of para-hydroxylation sites is 2. The maximum atomic E-state index is 12.7. The van der Waals surface area contributed by atoms with Crippen molar-refractivity contribution in [3.05, 3.63) is 82.6 Å². The fraction of sp³-hybridized carbons (Fsp3) is 0.385. The third kappa shape index (κ3) is 7.34. The first kappa shape index (κ1) is 28.2. The van der Waals surface area contributed by atoms with E-state index >= 15 is 0 Å². The van der Waals surface area contributed by atoms with Gasteiger partial charge >= 0.3 is 15.6 Å². The van der Waals surface area contributed by atoms with Gasteiger partial charge in [0.25, 0.3) is 0 Å². The Kier molecular flexibility index (Phi) is 9.62. The normalized spacial score (nSPS) is 18.6. The van der Waals surface area contributed by atoms with Gasteiger partial charge < -0.3 is 13.6 Å². The molecule has 0 radical (unpaired) electrons. The minimum absolute atomic E-state index is 0.103. The van der Waals surface area contributed by atoms with E-state index in [0.717, 1.165) is 22.3 Å². The Hall–Kier alpha value is -2.34. The van der Waals surface area contributed by atoms with Gasteiger partial charge in [-0.1, -0.05) is 70.2 Å². The Morgan fingerprint density at radius 1 is 0.750 bits per heavy atom. The van der Waals surface area contributed by atoms with Gasteiger partial charge in [0.05, 0.1) is 6.10 Å². The van der Waals surface area contributed by atoms with Gasteiger partial charge in [0.15, 0.2) is 0 Å². The number of benzene rings is 2. The molecule has 0 saturated carbocycles. The lowest BCUT2D eigenvalue weighted by molar-refractivity contribution is 0.164. The monoisotopic (exact) mass is 536 g/mol. The van der Waals surface area contributed by atoms with Crippen LogP contribution >= 0.6 is 15.6 Å². The summed E-state index contributed by atoms with van der Waals surface area (Å²) in [6, 6.07) is 11.1. The maximum absolute atomic E-state index is 12.7. The van der Waals surface area contributed by atoms with Crippen LogP contribution in [0.4, 0.5) is 0 Å². The summed E-state index contributed by atoms with van der Waals surface area (Å²) in [6.45, 7) is 7.75. The van der Waals surface area contributed by atoms with E-state index in [1.54, 1.807) is 0 Å². The molecule has 10 heteroatoms. The summed E-state index contributed by atoms with van der Waals surface area (Å²) in [5.41, 5.74) is 3.25. The lowest BCUT2D eigenvalue weighted by atomic mass is 10.1. The first-order chi connectivity index (χ1) is 17.1. The largest absolute Gasteiger partial charge is 0.584 e. The Balaban J connectivity index is 1.64. The maximum Gasteiger partial charge on any atom is 0.584 e. The molecule has 0 aromatic heterocycles. The van der Waals surface area contributed by atoms with E-state index in [1.165, 1.54) is 18.2 Å². The highest BCUT2D eigenvalue weighted by molar-refractivity contribution is 7.48. The van der Waals surface area contributed by atoms with E-state index < -0.39 is 21.7 Å². The van der Waals surface area contributed by atoms with Crippen LogP contribution in [-0.4, -0.2) is 15.9 Å². The molecule has 2 aromatic carbocycles. The molecular weight excluding hydrogens is 502 g/mol. The van der Waals surface area contributed by atoms with E-state index in [1.807, 2.05) is 64.1 Å². The molecule has 2 N–H and O–H groups in total. The Bertz CT molecular complexity index is 1180. The summed E-state index contributed by atoms with van der Waals surface area (Å²) in [5, 5.41) is 0. The number of hydrogen-bond acceptors (Lipinski definition) is 6. The highest BCUT2D eigenvalue weighted by Crippen LogP contribution is 2.50. The van der Waals surface area contributed by atoms with Crippen LogP contribution in [0, 0.1) is 0 Å². The number of hydrogen-bond donors (Lipinski definition) is 2. The molecule has 1 aliphatic rings. The van der Waals surface area contributed by atoms with Crippen LogP contribution in [0.25, 0.3) is 0 Å². The van der Waals surface area contributed by atoms with Crippen LogP contribution in [0.15, 0.2) is 60.4 Å². The van der Waals surface area contributed by atoms with Crippen molar-refractivity contribution in [2.45, 2.75) is 65.9 Å². The van der Waals surface area contributed by atoms with Crippen LogP contribution in [0.2, 0.25) is 0 Å². The molecule has 3 unspecified atom stereocenters. The van der Waals surface area contributed by atoms with Crippen molar-refractivity contribution >= 4 is 15.6 Å². The third-order valence-corrected chi connectivity index (χ3v) is 7.61. The molecule has 3 atom stereocenters. The SMILES string of the molecule is CCc1cccc(CC)c1OP(=O)(O)OC1=CCC(OP(=O)(O)Oc2c(CC)cccc2CC)C=C1. The smallest absolute Gasteiger partial charge is 0.404 e. The van der Waals surface area contributed by atoms with Gasteiger partial charge in [-0.05, 0) is 66.5 Å². The van der Waals surface area contributed by atoms with Gasteiger partial charge in [-0.15, -0.1) is 0 Å². The van der Waals surface area contributed by atoms with Crippen molar-refractivity contribution in [3.63, 3.8) is 0 Å². The number of allylic oxidation sites excluding steroid dienone is 1. The minimum atomic E-state index is -4.48. The molecule has 3 rings (SSSR count). The van der Waals surface area contributed by atoms with Crippen molar-refractivity contribution in [3.8, 4) is 11.5 Å². The molecule has 196 valence electrons. The van der Waals surface area contributed by atoms with Gasteiger partial charge in [0.1, 0.15) is 17.3 Å². The first-order valence-electron chi connectivity index (χ1n) is 12.1. The molecule has 0 amide bonds. The zero-order valence-corrected chi connectivity index (χ0v) is 22.8. The first-order valence-corrected chi connectivity index (χ1v) is 15.1. The lowest BCUT2D eigenvalue weighted by Gasteiger charge is -2.23. The second-order valence-electron chi connectivity index (χ2n) is 8.28. The molecule has 0 aliphatic heterocycles. The minimum Gasteiger partial charge on any atom is -0.404 e. The fourth-order valence-electron chi connectivity index (χ4n) is 3.93. The van der Waals surface area contributed by atoms with E-state index in [0.29, 0.717) is 37.2 Å². The zero-order valence-electron chi connectivity index (χ0n) is 21.0. The highest BCUT2D eigenvalue weighted by atomic mass is 31.2. The van der Waals surface area contributed by atoms with Gasteiger partial charge in [0.2, 0.25) is 0 Å². The van der Waals surface area contributed by atoms with Crippen molar-refractivity contribution in [2.75, 3.05) is 0 Å². The topological polar surface area (TPSA) is 112 Å². The number of phosphoric acid groups is 2. The Morgan fingerprint density at radius 2 is 1.19 bits per heavy atom. The van der Waals surface area contributed by atoms with Crippen molar-refractivity contribution < 1.29 is 37.0 Å². The molecule has 0 heterocycles. The van der Waals surface area contributed by atoms with Crippen molar-refractivity contribution in [1.82, 2.24) is 0 Å². The Morgan fingerprint density at radius 3 is 1.58 bits per heavy atom. The van der Waals surface area contributed by atoms with Gasteiger partial charge in [-0.25, -0.2) is 9.13 Å². The van der Waals surface area contributed by atoms with Crippen molar-refractivity contribution in [2.24, 2.45) is 0 Å². The summed E-state index contributed by atoms with van der Waals surface area (Å²) >= 11 is 0. The molecule has 0 spiro atoms. The summed E-state index contributed by atoms with van der Waals surface area (Å²) < 4.78 is 47.0. The summed E-state index contributed by atoms with van der Waals surface area (Å²) in [6.07, 6.45) is 6.30. The van der Waals surface area contributed by atoms with E-state index in [9.17, 15) is 18.9 Å². The van der Waals surface area contributed by atoms with Gasteiger partial charge in [-0.2, -0.15) is 0 Å². The van der Waals surface area contributed by atoms with Crippen LogP contribution in [-0.2, 0) is 43.9 Å². The predicted octanol–water partition coefficient (Wildman–Crippen LogP) is 6.84. The van der Waals surface area contributed by atoms with Gasteiger partial charge in [0, 0.05) is 0 Å². The number of rotatable bonds is 12. The lowest BCUT2D eigenvalue weighted by Crippen LogP contribution is -2.13. The molecule has 2 aromatic rings. The highest BCUT2D eigenvalue weighted by Gasteiger charge is 2.32. The van der Waals surface area contributed by atoms with E-state index in [-0.39, 0.29) is 12.2 Å². The molecule has 36 heavy (non-hydrogen) atoms. The molecule has 1 aliphatic carbocycles. The average Bonchev–Trinajstić information content (AvgIpc) is 2.84. The fourth-order valence-corrected chi connectivity index (χ4v) is 5.84. The third-order valence-electron chi connectivity index (χ3n) is 5.81. The summed E-state index contributed by atoms with van der Waals surface area (Å²) in [5.74, 6) is 0.822. The zero-order chi connectivity index (χ0) is 26.3. The average molecular weight is 536 g/mol. The summed E-state index contributed by atoms with van der Waals surface area (Å²) in [4.78, 5) is 20.8. The Labute approximate surface area is 212 Å². The van der Waals surface area contributed by atoms with Crippen LogP contribution in [0.5, 0.6) is 11.5 Å². The quantitative estimate of drug-likeness (QED) is 0.284. The second kappa shape index (κ2) is 12.3. The molecule has 0 saturated heterocycles. The number of phosphoric ester groups is 2. The van der Waals surface area contributed by atoms with E-state index in [4.69, 9.17) is 18.1 Å².